The molecule has 0 saturated carbocycles. The third-order valence-electron chi connectivity index (χ3n) is 7.18. The SMILES string of the molecule is C=CC(=O)N1CC(NC2COc3cc(-n4c(-c5ccccc5F)nc5ccc(-n6cccn6)nc54)ccc32)C1. The minimum absolute atomic E-state index is 0.00939. The fourth-order valence-corrected chi connectivity index (χ4v) is 5.20. The van der Waals surface area contributed by atoms with E-state index in [-0.39, 0.29) is 23.8 Å². The minimum Gasteiger partial charge on any atom is -0.491 e. The van der Waals surface area contributed by atoms with E-state index in [1.54, 1.807) is 34.0 Å². The van der Waals surface area contributed by atoms with Gasteiger partial charge in [0, 0.05) is 43.2 Å². The highest BCUT2D eigenvalue weighted by Crippen LogP contribution is 2.37. The molecule has 1 unspecified atom stereocenters. The molecule has 5 aromatic rings. The van der Waals surface area contributed by atoms with Crippen molar-refractivity contribution in [2.24, 2.45) is 0 Å². The highest BCUT2D eigenvalue weighted by atomic mass is 19.1. The van der Waals surface area contributed by atoms with Crippen LogP contribution in [0.5, 0.6) is 5.75 Å². The maximum absolute atomic E-state index is 15.0. The van der Waals surface area contributed by atoms with Gasteiger partial charge < -0.3 is 15.0 Å². The van der Waals surface area contributed by atoms with Crippen molar-refractivity contribution in [3.8, 4) is 28.6 Å². The standard InChI is InChI=1S/C29H24FN7O2/c1-2-27(38)35-15-18(16-35)32-24-17-39-25-14-19(8-9-21(24)25)37-28(20-6-3-4-7-22(20)30)33-23-10-11-26(34-29(23)37)36-13-5-12-31-36/h2-14,18,24,32H,1,15-17H2. The van der Waals surface area contributed by atoms with Crippen LogP contribution in [0.25, 0.3) is 34.1 Å². The maximum Gasteiger partial charge on any atom is 0.246 e. The average molecular weight is 522 g/mol. The van der Waals surface area contributed by atoms with E-state index < -0.39 is 0 Å². The maximum atomic E-state index is 15.0. The summed E-state index contributed by atoms with van der Waals surface area (Å²) in [6.07, 6.45) is 4.85. The van der Waals surface area contributed by atoms with Crippen LogP contribution >= 0.6 is 0 Å². The Morgan fingerprint density at radius 2 is 1.97 bits per heavy atom. The fourth-order valence-electron chi connectivity index (χ4n) is 5.20. The summed E-state index contributed by atoms with van der Waals surface area (Å²) in [6, 6.07) is 18.3. The molecule has 1 amide bonds. The Morgan fingerprint density at radius 1 is 1.10 bits per heavy atom. The summed E-state index contributed by atoms with van der Waals surface area (Å²) in [7, 11) is 0. The van der Waals surface area contributed by atoms with E-state index in [2.05, 4.69) is 17.0 Å². The molecule has 2 aliphatic rings. The first-order chi connectivity index (χ1) is 19.1. The van der Waals surface area contributed by atoms with Crippen molar-refractivity contribution in [1.82, 2.24) is 34.5 Å². The number of carbonyl (C=O) groups is 1. The number of hydrogen-bond donors (Lipinski definition) is 1. The zero-order chi connectivity index (χ0) is 26.5. The number of likely N-dealkylation sites (tertiary alicyclic amines) is 1. The molecule has 1 N–H and O–H groups in total. The van der Waals surface area contributed by atoms with E-state index in [9.17, 15) is 9.18 Å². The number of halogens is 1. The highest BCUT2D eigenvalue weighted by Gasteiger charge is 2.34. The predicted molar refractivity (Wildman–Crippen MR) is 143 cm³/mol. The number of nitrogens with one attached hydrogen (secondary N) is 1. The summed E-state index contributed by atoms with van der Waals surface area (Å²) >= 11 is 0. The molecule has 2 aromatic carbocycles. The van der Waals surface area contributed by atoms with Gasteiger partial charge in [-0.1, -0.05) is 24.8 Å². The summed E-state index contributed by atoms with van der Waals surface area (Å²) in [6.45, 7) is 5.32. The van der Waals surface area contributed by atoms with Gasteiger partial charge in [0.1, 0.15) is 29.5 Å². The molecule has 1 atom stereocenters. The van der Waals surface area contributed by atoms with Crippen LogP contribution in [0, 0.1) is 5.82 Å². The van der Waals surface area contributed by atoms with Crippen LogP contribution in [0.3, 0.4) is 0 Å². The lowest BCUT2D eigenvalue weighted by Gasteiger charge is -2.40. The van der Waals surface area contributed by atoms with Crippen molar-refractivity contribution < 1.29 is 13.9 Å². The monoisotopic (exact) mass is 521 g/mol. The van der Waals surface area contributed by atoms with Crippen molar-refractivity contribution in [2.75, 3.05) is 19.7 Å². The Kier molecular flexibility index (Phi) is 5.48. The number of benzene rings is 2. The van der Waals surface area contributed by atoms with Gasteiger partial charge >= 0.3 is 0 Å². The van der Waals surface area contributed by atoms with Crippen LogP contribution < -0.4 is 10.1 Å². The third-order valence-corrected chi connectivity index (χ3v) is 7.18. The van der Waals surface area contributed by atoms with Gasteiger partial charge in [0.2, 0.25) is 5.91 Å². The quantitative estimate of drug-likeness (QED) is 0.342. The Bertz CT molecular complexity index is 1720. The van der Waals surface area contributed by atoms with Crippen LogP contribution in [0.15, 0.2) is 85.7 Å². The molecular formula is C29H24FN7O2. The molecular weight excluding hydrogens is 497 g/mol. The Balaban J connectivity index is 1.27. The number of aromatic nitrogens is 5. The summed E-state index contributed by atoms with van der Waals surface area (Å²) in [4.78, 5) is 23.2. The second-order valence-electron chi connectivity index (χ2n) is 9.61. The number of ether oxygens (including phenoxy) is 1. The van der Waals surface area contributed by atoms with E-state index in [0.717, 1.165) is 17.0 Å². The number of hydrogen-bond acceptors (Lipinski definition) is 6. The number of amides is 1. The molecule has 1 saturated heterocycles. The van der Waals surface area contributed by atoms with Gasteiger partial charge in [-0.05, 0) is 42.5 Å². The van der Waals surface area contributed by atoms with Crippen molar-refractivity contribution >= 4 is 17.1 Å². The molecule has 9 nitrogen and oxygen atoms in total. The van der Waals surface area contributed by atoms with Gasteiger partial charge in [-0.2, -0.15) is 5.10 Å². The first-order valence-electron chi connectivity index (χ1n) is 12.7. The predicted octanol–water partition coefficient (Wildman–Crippen LogP) is 3.83. The Labute approximate surface area is 223 Å². The number of imidazole rings is 1. The fraction of sp³-hybridized carbons (Fsp3) is 0.172. The number of fused-ring (bicyclic) bond motifs is 2. The zero-order valence-electron chi connectivity index (χ0n) is 20.9. The number of rotatable bonds is 6. The van der Waals surface area contributed by atoms with Gasteiger partial charge in [0.15, 0.2) is 11.5 Å². The van der Waals surface area contributed by atoms with Gasteiger partial charge in [-0.15, -0.1) is 0 Å². The lowest BCUT2D eigenvalue weighted by Crippen LogP contribution is -2.60. The number of carbonyl (C=O) groups excluding carboxylic acids is 1. The minimum atomic E-state index is -0.368. The summed E-state index contributed by atoms with van der Waals surface area (Å²) in [5.74, 6) is 1.39. The molecule has 5 heterocycles. The summed E-state index contributed by atoms with van der Waals surface area (Å²) < 4.78 is 24.6. The normalized spacial score (nSPS) is 16.6. The van der Waals surface area contributed by atoms with Crippen LogP contribution in [0.1, 0.15) is 11.6 Å². The highest BCUT2D eigenvalue weighted by molar-refractivity contribution is 5.87. The summed E-state index contributed by atoms with van der Waals surface area (Å²) in [5, 5.41) is 7.88. The van der Waals surface area contributed by atoms with Crippen molar-refractivity contribution in [1.29, 1.82) is 0 Å². The van der Waals surface area contributed by atoms with Crippen LogP contribution in [0.2, 0.25) is 0 Å². The third kappa shape index (κ3) is 3.96. The van der Waals surface area contributed by atoms with Gasteiger partial charge in [-0.3, -0.25) is 9.36 Å². The smallest absolute Gasteiger partial charge is 0.246 e. The molecule has 0 aliphatic carbocycles. The van der Waals surface area contributed by atoms with Crippen LogP contribution in [-0.2, 0) is 4.79 Å². The first kappa shape index (κ1) is 23.3. The molecule has 3 aromatic heterocycles. The van der Waals surface area contributed by atoms with Crippen molar-refractivity contribution in [3.05, 3.63) is 97.1 Å². The van der Waals surface area contributed by atoms with Gasteiger partial charge in [0.05, 0.1) is 17.3 Å². The first-order valence-corrected chi connectivity index (χ1v) is 12.7. The lowest BCUT2D eigenvalue weighted by molar-refractivity contribution is -0.130. The Hall–Kier alpha value is -4.83. The van der Waals surface area contributed by atoms with Crippen LogP contribution in [-0.4, -0.2) is 60.9 Å². The molecule has 0 radical (unpaired) electrons. The van der Waals surface area contributed by atoms with Gasteiger partial charge in [0.25, 0.3) is 0 Å². The topological polar surface area (TPSA) is 90.1 Å². The number of nitrogens with zero attached hydrogens (tertiary/aromatic N) is 6. The van der Waals surface area contributed by atoms with E-state index >= 15 is 0 Å². The van der Waals surface area contributed by atoms with Crippen LogP contribution in [0.4, 0.5) is 4.39 Å². The van der Waals surface area contributed by atoms with Crippen molar-refractivity contribution in [2.45, 2.75) is 12.1 Å². The molecule has 0 spiro atoms. The molecule has 2 aliphatic heterocycles. The lowest BCUT2D eigenvalue weighted by atomic mass is 10.0. The molecule has 1 fully saturated rings. The second kappa shape index (κ2) is 9.17. The molecule has 10 heteroatoms. The Morgan fingerprint density at radius 3 is 2.77 bits per heavy atom. The molecule has 0 bridgehead atoms. The zero-order valence-corrected chi connectivity index (χ0v) is 20.9. The average Bonchev–Trinajstić information content (AvgIpc) is 3.68. The van der Waals surface area contributed by atoms with E-state index in [0.29, 0.717) is 48.1 Å². The largest absolute Gasteiger partial charge is 0.491 e. The molecule has 7 rings (SSSR count). The second-order valence-corrected chi connectivity index (χ2v) is 9.61. The summed E-state index contributed by atoms with van der Waals surface area (Å²) in [5.41, 5.74) is 3.38. The molecule has 194 valence electrons. The van der Waals surface area contributed by atoms with E-state index in [1.807, 2.05) is 47.2 Å². The molecule has 39 heavy (non-hydrogen) atoms. The van der Waals surface area contributed by atoms with Gasteiger partial charge in [-0.25, -0.2) is 19.0 Å². The van der Waals surface area contributed by atoms with E-state index in [1.165, 1.54) is 12.1 Å². The van der Waals surface area contributed by atoms with E-state index in [4.69, 9.17) is 14.7 Å². The number of pyridine rings is 1. The van der Waals surface area contributed by atoms with Crippen molar-refractivity contribution in [3.63, 3.8) is 0 Å².